The number of ketones is 1. The monoisotopic (exact) mass is 405 g/mol. The van der Waals surface area contributed by atoms with Crippen molar-refractivity contribution in [2.45, 2.75) is 13.0 Å². The van der Waals surface area contributed by atoms with Gasteiger partial charge in [0.05, 0.1) is 10.6 Å². The highest BCUT2D eigenvalue weighted by Crippen LogP contribution is 2.31. The SMILES string of the molecule is O=C(COc1ccc(Cl)c2cccnc12)c1c2n(c3ccccc13)CCNCC2. The molecule has 29 heavy (non-hydrogen) atoms. The van der Waals surface area contributed by atoms with Crippen molar-refractivity contribution in [3.05, 3.63) is 71.0 Å². The quantitative estimate of drug-likeness (QED) is 0.516. The minimum atomic E-state index is -0.0399. The Morgan fingerprint density at radius 3 is 2.90 bits per heavy atom. The number of hydrogen-bond acceptors (Lipinski definition) is 4. The maximum atomic E-state index is 13.3. The second-order valence-corrected chi connectivity index (χ2v) is 7.55. The molecule has 0 aliphatic carbocycles. The minimum Gasteiger partial charge on any atom is -0.483 e. The second-order valence-electron chi connectivity index (χ2n) is 7.15. The van der Waals surface area contributed by atoms with Crippen molar-refractivity contribution in [2.75, 3.05) is 19.7 Å². The Balaban J connectivity index is 1.50. The van der Waals surface area contributed by atoms with Crippen LogP contribution in [0.25, 0.3) is 21.8 Å². The van der Waals surface area contributed by atoms with Gasteiger partial charge in [-0.3, -0.25) is 9.78 Å². The number of para-hydroxylation sites is 1. The van der Waals surface area contributed by atoms with Gasteiger partial charge in [0.15, 0.2) is 6.61 Å². The number of benzene rings is 2. The molecule has 146 valence electrons. The van der Waals surface area contributed by atoms with Crippen molar-refractivity contribution in [1.82, 2.24) is 14.9 Å². The third-order valence-corrected chi connectivity index (χ3v) is 5.78. The molecule has 5 nitrogen and oxygen atoms in total. The molecule has 3 heterocycles. The summed E-state index contributed by atoms with van der Waals surface area (Å²) >= 11 is 6.26. The van der Waals surface area contributed by atoms with Crippen LogP contribution in [0, 0.1) is 0 Å². The third-order valence-electron chi connectivity index (χ3n) is 5.45. The molecule has 6 heteroatoms. The Morgan fingerprint density at radius 2 is 1.97 bits per heavy atom. The van der Waals surface area contributed by atoms with Gasteiger partial charge in [-0.15, -0.1) is 0 Å². The van der Waals surface area contributed by atoms with Crippen LogP contribution in [-0.2, 0) is 13.0 Å². The molecule has 0 radical (unpaired) electrons. The van der Waals surface area contributed by atoms with Crippen molar-refractivity contribution >= 4 is 39.2 Å². The first kappa shape index (κ1) is 18.2. The first-order chi connectivity index (χ1) is 14.2. The van der Waals surface area contributed by atoms with Crippen LogP contribution in [0.15, 0.2) is 54.7 Å². The topological polar surface area (TPSA) is 56.1 Å². The number of hydrogen-bond donors (Lipinski definition) is 1. The molecule has 0 atom stereocenters. The largest absolute Gasteiger partial charge is 0.483 e. The molecule has 0 bridgehead atoms. The Hall–Kier alpha value is -2.89. The average molecular weight is 406 g/mol. The van der Waals surface area contributed by atoms with Gasteiger partial charge in [0.1, 0.15) is 11.3 Å². The lowest BCUT2D eigenvalue weighted by atomic mass is 10.1. The number of pyridine rings is 1. The fourth-order valence-electron chi connectivity index (χ4n) is 4.15. The molecular formula is C23H20ClN3O2. The van der Waals surface area contributed by atoms with E-state index >= 15 is 0 Å². The first-order valence-electron chi connectivity index (χ1n) is 9.74. The number of carbonyl (C=O) groups excluding carboxylic acids is 1. The lowest BCUT2D eigenvalue weighted by molar-refractivity contribution is 0.0923. The predicted octanol–water partition coefficient (Wildman–Crippen LogP) is 4.25. The Morgan fingerprint density at radius 1 is 1.10 bits per heavy atom. The van der Waals surface area contributed by atoms with E-state index in [-0.39, 0.29) is 12.4 Å². The summed E-state index contributed by atoms with van der Waals surface area (Å²) < 4.78 is 8.20. The summed E-state index contributed by atoms with van der Waals surface area (Å²) in [6.45, 7) is 2.58. The fraction of sp³-hybridized carbons (Fsp3) is 0.217. The van der Waals surface area contributed by atoms with Crippen LogP contribution in [-0.4, -0.2) is 35.0 Å². The number of aromatic nitrogens is 2. The summed E-state index contributed by atoms with van der Waals surface area (Å²) in [6.07, 6.45) is 2.52. The number of halogens is 1. The van der Waals surface area contributed by atoms with E-state index in [1.807, 2.05) is 30.3 Å². The van der Waals surface area contributed by atoms with Gasteiger partial charge in [-0.2, -0.15) is 0 Å². The molecule has 0 amide bonds. The van der Waals surface area contributed by atoms with Crippen LogP contribution in [0.3, 0.4) is 0 Å². The lowest BCUT2D eigenvalue weighted by Crippen LogP contribution is -2.18. The van der Waals surface area contributed by atoms with Crippen LogP contribution < -0.4 is 10.1 Å². The van der Waals surface area contributed by atoms with Gasteiger partial charge >= 0.3 is 0 Å². The average Bonchev–Trinajstić information content (AvgIpc) is 2.88. The molecule has 1 aliphatic heterocycles. The highest BCUT2D eigenvalue weighted by Gasteiger charge is 2.23. The smallest absolute Gasteiger partial charge is 0.202 e. The fourth-order valence-corrected chi connectivity index (χ4v) is 4.36. The molecule has 5 rings (SSSR count). The lowest BCUT2D eigenvalue weighted by Gasteiger charge is -2.10. The van der Waals surface area contributed by atoms with E-state index in [4.69, 9.17) is 16.3 Å². The van der Waals surface area contributed by atoms with Crippen molar-refractivity contribution < 1.29 is 9.53 Å². The number of nitrogens with one attached hydrogen (secondary N) is 1. The molecule has 0 saturated carbocycles. The highest BCUT2D eigenvalue weighted by molar-refractivity contribution is 6.35. The molecule has 0 fully saturated rings. The zero-order chi connectivity index (χ0) is 19.8. The highest BCUT2D eigenvalue weighted by atomic mass is 35.5. The first-order valence-corrected chi connectivity index (χ1v) is 10.1. The summed E-state index contributed by atoms with van der Waals surface area (Å²) in [5, 5.41) is 5.83. The van der Waals surface area contributed by atoms with Gasteiger partial charge in [-0.25, -0.2) is 0 Å². The second kappa shape index (κ2) is 7.50. The summed E-state index contributed by atoms with van der Waals surface area (Å²) in [6, 6.07) is 15.4. The van der Waals surface area contributed by atoms with E-state index < -0.39 is 0 Å². The maximum Gasteiger partial charge on any atom is 0.202 e. The molecular weight excluding hydrogens is 386 g/mol. The van der Waals surface area contributed by atoms with E-state index in [0.29, 0.717) is 16.3 Å². The molecule has 4 aromatic rings. The van der Waals surface area contributed by atoms with E-state index in [1.165, 1.54) is 0 Å². The third kappa shape index (κ3) is 3.16. The summed E-state index contributed by atoms with van der Waals surface area (Å²) in [5.41, 5.74) is 3.63. The Bertz CT molecular complexity index is 1230. The van der Waals surface area contributed by atoms with Crippen LogP contribution in [0.1, 0.15) is 16.1 Å². The number of ether oxygens (including phenoxy) is 1. The number of nitrogens with zero attached hydrogens (tertiary/aromatic N) is 2. The van der Waals surface area contributed by atoms with Crippen molar-refractivity contribution in [1.29, 1.82) is 0 Å². The van der Waals surface area contributed by atoms with Gasteiger partial charge in [-0.05, 0) is 30.3 Å². The Labute approximate surface area is 173 Å². The van der Waals surface area contributed by atoms with Gasteiger partial charge in [-0.1, -0.05) is 29.8 Å². The molecule has 1 N–H and O–H groups in total. The standard InChI is InChI=1S/C23H20ClN3O2/c24-17-7-8-21(23-15(17)5-3-10-26-23)29-14-20(28)22-16-4-1-2-6-18(16)27-13-12-25-11-9-19(22)27/h1-8,10,25H,9,11-14H2. The molecule has 0 spiro atoms. The summed E-state index contributed by atoms with van der Waals surface area (Å²) in [7, 11) is 0. The van der Waals surface area contributed by atoms with Gasteiger partial charge in [0, 0.05) is 54.2 Å². The minimum absolute atomic E-state index is 0.0177. The van der Waals surface area contributed by atoms with Crippen LogP contribution in [0.2, 0.25) is 5.02 Å². The van der Waals surface area contributed by atoms with Crippen molar-refractivity contribution in [3.8, 4) is 5.75 Å². The van der Waals surface area contributed by atoms with E-state index in [1.54, 1.807) is 18.3 Å². The number of rotatable bonds is 4. The summed E-state index contributed by atoms with van der Waals surface area (Å²) in [5.74, 6) is 0.547. The van der Waals surface area contributed by atoms with E-state index in [9.17, 15) is 4.79 Å². The van der Waals surface area contributed by atoms with Gasteiger partial charge in [0.2, 0.25) is 5.78 Å². The van der Waals surface area contributed by atoms with Crippen molar-refractivity contribution in [3.63, 3.8) is 0 Å². The molecule has 0 unspecified atom stereocenters. The summed E-state index contributed by atoms with van der Waals surface area (Å²) in [4.78, 5) is 17.7. The van der Waals surface area contributed by atoms with Crippen molar-refractivity contribution in [2.24, 2.45) is 0 Å². The van der Waals surface area contributed by atoms with Gasteiger partial charge < -0.3 is 14.6 Å². The van der Waals surface area contributed by atoms with Gasteiger partial charge in [0.25, 0.3) is 0 Å². The van der Waals surface area contributed by atoms with Crippen LogP contribution in [0.4, 0.5) is 0 Å². The maximum absolute atomic E-state index is 13.3. The van der Waals surface area contributed by atoms with Crippen LogP contribution in [0.5, 0.6) is 5.75 Å². The number of fused-ring (bicyclic) bond motifs is 4. The van der Waals surface area contributed by atoms with E-state index in [2.05, 4.69) is 20.9 Å². The number of carbonyl (C=O) groups is 1. The zero-order valence-corrected chi connectivity index (χ0v) is 16.6. The molecule has 2 aromatic carbocycles. The number of Topliss-reactive ketones (excluding diaryl/α,β-unsaturated/α-hetero) is 1. The molecule has 2 aromatic heterocycles. The molecule has 0 saturated heterocycles. The normalized spacial score (nSPS) is 14.0. The van der Waals surface area contributed by atoms with Crippen LogP contribution >= 0.6 is 11.6 Å². The Kier molecular flexibility index (Phi) is 4.70. The molecule has 1 aliphatic rings. The predicted molar refractivity (Wildman–Crippen MR) is 115 cm³/mol. The zero-order valence-electron chi connectivity index (χ0n) is 15.8. The van der Waals surface area contributed by atoms with E-state index in [0.717, 1.165) is 53.6 Å².